The van der Waals surface area contributed by atoms with E-state index in [4.69, 9.17) is 0 Å². The van der Waals surface area contributed by atoms with Gasteiger partial charge in [0.2, 0.25) is 11.8 Å². The summed E-state index contributed by atoms with van der Waals surface area (Å²) in [6.45, 7) is 2.39. The molecule has 0 aromatic heterocycles. The molecular formula is C18H32N2O2. The first-order valence-electron chi connectivity index (χ1n) is 9.30. The summed E-state index contributed by atoms with van der Waals surface area (Å²) in [7, 11) is 0. The number of carbonyl (C=O) groups is 2. The zero-order chi connectivity index (χ0) is 15.6. The van der Waals surface area contributed by atoms with Crippen molar-refractivity contribution >= 4 is 11.8 Å². The molecule has 0 aromatic carbocycles. The second-order valence-corrected chi connectivity index (χ2v) is 6.94. The second kappa shape index (κ2) is 9.86. The van der Waals surface area contributed by atoms with Crippen LogP contribution in [-0.2, 0) is 9.59 Å². The standard InChI is InChI=1S/C18H32N2O2/c21-17(12-11-16-8-3-1-4-9-16)19-13-7-15-20-14-6-2-5-10-18(20)22/h16H,1-15H2,(H,19,21). The lowest BCUT2D eigenvalue weighted by molar-refractivity contribution is -0.130. The molecule has 1 aliphatic heterocycles. The van der Waals surface area contributed by atoms with Gasteiger partial charge in [0.05, 0.1) is 0 Å². The van der Waals surface area contributed by atoms with Gasteiger partial charge in [-0.3, -0.25) is 9.59 Å². The van der Waals surface area contributed by atoms with Crippen molar-refractivity contribution in [2.75, 3.05) is 19.6 Å². The van der Waals surface area contributed by atoms with Gasteiger partial charge in [0, 0.05) is 32.5 Å². The number of nitrogens with zero attached hydrogens (tertiary/aromatic N) is 1. The van der Waals surface area contributed by atoms with Crippen LogP contribution < -0.4 is 5.32 Å². The Bertz CT molecular complexity index is 351. The minimum atomic E-state index is 0.188. The maximum absolute atomic E-state index is 11.9. The molecule has 4 heteroatoms. The van der Waals surface area contributed by atoms with E-state index in [0.717, 1.165) is 44.7 Å². The molecule has 4 nitrogen and oxygen atoms in total. The van der Waals surface area contributed by atoms with Crippen molar-refractivity contribution in [2.45, 2.75) is 77.0 Å². The van der Waals surface area contributed by atoms with Crippen molar-refractivity contribution in [1.82, 2.24) is 10.2 Å². The highest BCUT2D eigenvalue weighted by Crippen LogP contribution is 2.27. The Hall–Kier alpha value is -1.06. The highest BCUT2D eigenvalue weighted by Gasteiger charge is 2.16. The van der Waals surface area contributed by atoms with Crippen molar-refractivity contribution in [2.24, 2.45) is 5.92 Å². The lowest BCUT2D eigenvalue weighted by atomic mass is 9.86. The SMILES string of the molecule is O=C(CCC1CCCCC1)NCCCN1CCCCCC1=O. The van der Waals surface area contributed by atoms with Gasteiger partial charge in [0.15, 0.2) is 0 Å². The van der Waals surface area contributed by atoms with E-state index in [2.05, 4.69) is 5.32 Å². The molecule has 0 radical (unpaired) electrons. The van der Waals surface area contributed by atoms with E-state index >= 15 is 0 Å². The average molecular weight is 308 g/mol. The van der Waals surface area contributed by atoms with Gasteiger partial charge in [0.25, 0.3) is 0 Å². The second-order valence-electron chi connectivity index (χ2n) is 6.94. The summed E-state index contributed by atoms with van der Waals surface area (Å²) < 4.78 is 0. The molecule has 1 heterocycles. The van der Waals surface area contributed by atoms with Gasteiger partial charge >= 0.3 is 0 Å². The monoisotopic (exact) mass is 308 g/mol. The molecule has 1 aliphatic carbocycles. The molecule has 22 heavy (non-hydrogen) atoms. The van der Waals surface area contributed by atoms with Gasteiger partial charge in [-0.1, -0.05) is 38.5 Å². The van der Waals surface area contributed by atoms with E-state index in [1.165, 1.54) is 38.5 Å². The van der Waals surface area contributed by atoms with Crippen LogP contribution in [0.2, 0.25) is 0 Å². The molecule has 1 N–H and O–H groups in total. The third-order valence-corrected chi connectivity index (χ3v) is 5.10. The molecule has 2 fully saturated rings. The molecule has 2 rings (SSSR count). The highest BCUT2D eigenvalue weighted by atomic mass is 16.2. The van der Waals surface area contributed by atoms with Crippen molar-refractivity contribution in [3.63, 3.8) is 0 Å². The minimum Gasteiger partial charge on any atom is -0.356 e. The third-order valence-electron chi connectivity index (χ3n) is 5.10. The molecule has 126 valence electrons. The largest absolute Gasteiger partial charge is 0.356 e. The van der Waals surface area contributed by atoms with Crippen molar-refractivity contribution in [1.29, 1.82) is 0 Å². The fraction of sp³-hybridized carbons (Fsp3) is 0.889. The van der Waals surface area contributed by atoms with Crippen molar-refractivity contribution in [3.8, 4) is 0 Å². The normalized spacial score (nSPS) is 20.7. The molecule has 1 saturated carbocycles. The topological polar surface area (TPSA) is 49.4 Å². The predicted octanol–water partition coefficient (Wildman–Crippen LogP) is 3.26. The Morgan fingerprint density at radius 1 is 1.09 bits per heavy atom. The number of carbonyl (C=O) groups excluding carboxylic acids is 2. The lowest BCUT2D eigenvalue weighted by Gasteiger charge is -2.21. The average Bonchev–Trinajstić information content (AvgIpc) is 2.75. The quantitative estimate of drug-likeness (QED) is 0.734. The van der Waals surface area contributed by atoms with Crippen molar-refractivity contribution in [3.05, 3.63) is 0 Å². The Morgan fingerprint density at radius 3 is 2.68 bits per heavy atom. The fourth-order valence-corrected chi connectivity index (χ4v) is 3.67. The number of nitrogens with one attached hydrogen (secondary N) is 1. The van der Waals surface area contributed by atoms with E-state index in [-0.39, 0.29) is 5.91 Å². The van der Waals surface area contributed by atoms with Crippen LogP contribution in [0.25, 0.3) is 0 Å². The summed E-state index contributed by atoms with van der Waals surface area (Å²) >= 11 is 0. The van der Waals surface area contributed by atoms with Crippen LogP contribution in [0.15, 0.2) is 0 Å². The van der Waals surface area contributed by atoms with E-state index < -0.39 is 0 Å². The molecule has 2 amide bonds. The fourth-order valence-electron chi connectivity index (χ4n) is 3.67. The minimum absolute atomic E-state index is 0.188. The van der Waals surface area contributed by atoms with Crippen LogP contribution in [0.5, 0.6) is 0 Å². The summed E-state index contributed by atoms with van der Waals surface area (Å²) in [5.41, 5.74) is 0. The van der Waals surface area contributed by atoms with Crippen molar-refractivity contribution < 1.29 is 9.59 Å². The molecule has 1 saturated heterocycles. The number of hydrogen-bond acceptors (Lipinski definition) is 2. The first kappa shape index (κ1) is 17.3. The van der Waals surface area contributed by atoms with Crippen LogP contribution in [0.4, 0.5) is 0 Å². The molecule has 0 bridgehead atoms. The van der Waals surface area contributed by atoms with Gasteiger partial charge in [-0.2, -0.15) is 0 Å². The van der Waals surface area contributed by atoms with Gasteiger partial charge in [0.1, 0.15) is 0 Å². The zero-order valence-corrected chi connectivity index (χ0v) is 13.9. The molecule has 2 aliphatic rings. The van der Waals surface area contributed by atoms with Crippen LogP contribution in [0, 0.1) is 5.92 Å². The van der Waals surface area contributed by atoms with Gasteiger partial charge in [-0.15, -0.1) is 0 Å². The van der Waals surface area contributed by atoms with E-state index in [9.17, 15) is 9.59 Å². The summed E-state index contributed by atoms with van der Waals surface area (Å²) in [6, 6.07) is 0. The maximum atomic E-state index is 11.9. The number of rotatable bonds is 7. The molecule has 0 spiro atoms. The Balaban J connectivity index is 1.51. The zero-order valence-electron chi connectivity index (χ0n) is 13.9. The Labute approximate surface area is 135 Å². The number of hydrogen-bond donors (Lipinski definition) is 1. The van der Waals surface area contributed by atoms with Gasteiger partial charge in [-0.05, 0) is 31.6 Å². The molecular weight excluding hydrogens is 276 g/mol. The van der Waals surface area contributed by atoms with Crippen LogP contribution in [0.1, 0.15) is 77.0 Å². The molecule has 0 unspecified atom stereocenters. The summed E-state index contributed by atoms with van der Waals surface area (Å²) in [6.07, 6.45) is 13.3. The lowest BCUT2D eigenvalue weighted by Crippen LogP contribution is -2.34. The third kappa shape index (κ3) is 6.37. The van der Waals surface area contributed by atoms with Crippen LogP contribution >= 0.6 is 0 Å². The Morgan fingerprint density at radius 2 is 1.86 bits per heavy atom. The van der Waals surface area contributed by atoms with Crippen LogP contribution in [-0.4, -0.2) is 36.3 Å². The predicted molar refractivity (Wildman–Crippen MR) is 88.5 cm³/mol. The number of amides is 2. The highest BCUT2D eigenvalue weighted by molar-refractivity contribution is 5.76. The smallest absolute Gasteiger partial charge is 0.222 e. The first-order chi connectivity index (χ1) is 10.8. The Kier molecular flexibility index (Phi) is 7.75. The first-order valence-corrected chi connectivity index (χ1v) is 9.30. The van der Waals surface area contributed by atoms with E-state index in [0.29, 0.717) is 25.3 Å². The van der Waals surface area contributed by atoms with E-state index in [1.54, 1.807) is 0 Å². The summed E-state index contributed by atoms with van der Waals surface area (Å²) in [5.74, 6) is 1.25. The van der Waals surface area contributed by atoms with Crippen LogP contribution in [0.3, 0.4) is 0 Å². The number of likely N-dealkylation sites (tertiary alicyclic amines) is 1. The van der Waals surface area contributed by atoms with E-state index in [1.807, 2.05) is 4.90 Å². The summed E-state index contributed by atoms with van der Waals surface area (Å²) in [4.78, 5) is 25.7. The molecule has 0 aromatic rings. The summed E-state index contributed by atoms with van der Waals surface area (Å²) in [5, 5.41) is 3.02. The van der Waals surface area contributed by atoms with Gasteiger partial charge < -0.3 is 10.2 Å². The maximum Gasteiger partial charge on any atom is 0.222 e. The molecule has 0 atom stereocenters. The van der Waals surface area contributed by atoms with Gasteiger partial charge in [-0.25, -0.2) is 0 Å².